The highest BCUT2D eigenvalue weighted by atomic mass is 16.5. The number of anilines is 1. The summed E-state index contributed by atoms with van der Waals surface area (Å²) >= 11 is 0. The maximum absolute atomic E-state index is 12.8. The minimum Gasteiger partial charge on any atom is -0.493 e. The van der Waals surface area contributed by atoms with Crippen LogP contribution in [0.2, 0.25) is 0 Å². The van der Waals surface area contributed by atoms with E-state index in [0.717, 1.165) is 29.5 Å². The van der Waals surface area contributed by atoms with Gasteiger partial charge in [-0.05, 0) is 60.1 Å². The zero-order valence-electron chi connectivity index (χ0n) is 18.5. The first-order chi connectivity index (χ1) is 15.6. The Morgan fingerprint density at radius 2 is 1.97 bits per heavy atom. The van der Waals surface area contributed by atoms with Crippen molar-refractivity contribution in [3.05, 3.63) is 59.3 Å². The zero-order chi connectivity index (χ0) is 22.5. The van der Waals surface area contributed by atoms with Gasteiger partial charge in [-0.15, -0.1) is 6.42 Å². The second-order valence-electron chi connectivity index (χ2n) is 7.96. The average molecular weight is 430 g/mol. The molecule has 0 saturated heterocycles. The van der Waals surface area contributed by atoms with E-state index in [1.807, 2.05) is 25.4 Å². The van der Waals surface area contributed by atoms with Crippen molar-refractivity contribution in [1.82, 2.24) is 9.78 Å². The molecule has 32 heavy (non-hydrogen) atoms. The van der Waals surface area contributed by atoms with Crippen LogP contribution < -0.4 is 14.8 Å². The number of benzene rings is 2. The molecule has 0 spiro atoms. The fourth-order valence-electron chi connectivity index (χ4n) is 4.12. The van der Waals surface area contributed by atoms with Crippen LogP contribution in [0.25, 0.3) is 11.1 Å². The van der Waals surface area contributed by atoms with Crippen molar-refractivity contribution < 1.29 is 14.3 Å². The van der Waals surface area contributed by atoms with E-state index in [0.29, 0.717) is 23.7 Å². The molecule has 1 aromatic heterocycles. The molecule has 0 saturated carbocycles. The first kappa shape index (κ1) is 21.5. The summed E-state index contributed by atoms with van der Waals surface area (Å²) in [7, 11) is 3.40. The van der Waals surface area contributed by atoms with Crippen LogP contribution in [0.4, 0.5) is 5.82 Å². The number of fused-ring (bicyclic) bond motifs is 1. The van der Waals surface area contributed by atoms with Crippen LogP contribution in [0.1, 0.15) is 29.5 Å². The molecule has 0 atom stereocenters. The number of nitrogens with zero attached hydrogens (tertiary/aromatic N) is 2. The van der Waals surface area contributed by atoms with E-state index in [4.69, 9.17) is 15.9 Å². The van der Waals surface area contributed by atoms with Crippen LogP contribution in [0.15, 0.2) is 42.6 Å². The van der Waals surface area contributed by atoms with Gasteiger partial charge in [0.15, 0.2) is 17.3 Å². The lowest BCUT2D eigenvalue weighted by molar-refractivity contribution is -0.115. The predicted octanol–water partition coefficient (Wildman–Crippen LogP) is 4.17. The molecule has 1 aliphatic rings. The molecule has 0 bridgehead atoms. The number of aryl methyl sites for hydroxylation is 3. The number of ether oxygens (including phenoxy) is 2. The predicted molar refractivity (Wildman–Crippen MR) is 125 cm³/mol. The third kappa shape index (κ3) is 4.78. The highest BCUT2D eigenvalue weighted by Gasteiger charge is 2.17. The van der Waals surface area contributed by atoms with E-state index < -0.39 is 0 Å². The Bertz CT molecular complexity index is 1170. The van der Waals surface area contributed by atoms with Gasteiger partial charge in [-0.3, -0.25) is 9.48 Å². The zero-order valence-corrected chi connectivity index (χ0v) is 18.5. The largest absolute Gasteiger partial charge is 0.493 e. The third-order valence-electron chi connectivity index (χ3n) is 5.65. The lowest BCUT2D eigenvalue weighted by Gasteiger charge is -2.16. The number of methoxy groups -OCH3 is 1. The van der Waals surface area contributed by atoms with E-state index in [2.05, 4.69) is 34.5 Å². The highest BCUT2D eigenvalue weighted by Crippen LogP contribution is 2.35. The molecule has 6 nitrogen and oxygen atoms in total. The Morgan fingerprint density at radius 1 is 1.16 bits per heavy atom. The number of rotatable bonds is 7. The molecule has 0 aliphatic heterocycles. The summed E-state index contributed by atoms with van der Waals surface area (Å²) in [6, 6.07) is 11.9. The lowest BCUT2D eigenvalue weighted by atomic mass is 9.90. The first-order valence-corrected chi connectivity index (χ1v) is 10.8. The molecule has 0 radical (unpaired) electrons. The summed E-state index contributed by atoms with van der Waals surface area (Å²) in [4.78, 5) is 12.8. The fraction of sp³-hybridized carbons (Fsp3) is 0.308. The Balaban J connectivity index is 1.52. The van der Waals surface area contributed by atoms with Crippen LogP contribution in [0, 0.1) is 12.3 Å². The third-order valence-corrected chi connectivity index (χ3v) is 5.65. The van der Waals surface area contributed by atoms with Gasteiger partial charge in [-0.2, -0.15) is 5.10 Å². The number of hydrogen-bond donors (Lipinski definition) is 1. The van der Waals surface area contributed by atoms with E-state index in [1.165, 1.54) is 24.0 Å². The van der Waals surface area contributed by atoms with Crippen molar-refractivity contribution in [3.63, 3.8) is 0 Å². The number of amides is 1. The van der Waals surface area contributed by atoms with Crippen LogP contribution >= 0.6 is 0 Å². The molecule has 3 aromatic rings. The molecule has 1 aliphatic carbocycles. The lowest BCUT2D eigenvalue weighted by Crippen LogP contribution is -2.16. The second-order valence-corrected chi connectivity index (χ2v) is 7.96. The molecule has 1 heterocycles. The highest BCUT2D eigenvalue weighted by molar-refractivity contribution is 5.95. The summed E-state index contributed by atoms with van der Waals surface area (Å²) in [5.74, 6) is 3.99. The summed E-state index contributed by atoms with van der Waals surface area (Å²) in [6.45, 7) is 0.159. The molecular weight excluding hydrogens is 402 g/mol. The second kappa shape index (κ2) is 9.61. The van der Waals surface area contributed by atoms with Crippen LogP contribution in [-0.2, 0) is 31.1 Å². The van der Waals surface area contributed by atoms with Gasteiger partial charge < -0.3 is 14.8 Å². The summed E-state index contributed by atoms with van der Waals surface area (Å²) in [5, 5.41) is 7.43. The van der Waals surface area contributed by atoms with Gasteiger partial charge in [0, 0.05) is 18.8 Å². The van der Waals surface area contributed by atoms with Gasteiger partial charge in [0.2, 0.25) is 5.91 Å². The van der Waals surface area contributed by atoms with Gasteiger partial charge in [0.1, 0.15) is 6.61 Å². The topological polar surface area (TPSA) is 65.4 Å². The van der Waals surface area contributed by atoms with Crippen LogP contribution in [-0.4, -0.2) is 29.4 Å². The van der Waals surface area contributed by atoms with Crippen molar-refractivity contribution in [2.45, 2.75) is 32.1 Å². The Morgan fingerprint density at radius 3 is 2.75 bits per heavy atom. The number of nitrogens with one attached hydrogen (secondary N) is 1. The smallest absolute Gasteiger partial charge is 0.230 e. The Kier molecular flexibility index (Phi) is 6.46. The van der Waals surface area contributed by atoms with Crippen LogP contribution in [0.5, 0.6) is 11.5 Å². The van der Waals surface area contributed by atoms with Gasteiger partial charge in [0.05, 0.1) is 13.5 Å². The van der Waals surface area contributed by atoms with Crippen molar-refractivity contribution in [2.75, 3.05) is 19.0 Å². The summed E-state index contributed by atoms with van der Waals surface area (Å²) in [5.41, 5.74) is 5.47. The van der Waals surface area contributed by atoms with Gasteiger partial charge in [-0.25, -0.2) is 0 Å². The van der Waals surface area contributed by atoms with Crippen molar-refractivity contribution in [2.24, 2.45) is 7.05 Å². The first-order valence-electron chi connectivity index (χ1n) is 10.8. The van der Waals surface area contributed by atoms with Crippen LogP contribution in [0.3, 0.4) is 0 Å². The number of carbonyl (C=O) groups excluding carboxylic acids is 1. The van der Waals surface area contributed by atoms with E-state index in [1.54, 1.807) is 17.9 Å². The van der Waals surface area contributed by atoms with Gasteiger partial charge >= 0.3 is 0 Å². The molecule has 1 N–H and O–H groups in total. The molecule has 1 amide bonds. The average Bonchev–Trinajstić information content (AvgIpc) is 3.17. The Labute approximate surface area is 188 Å². The monoisotopic (exact) mass is 429 g/mol. The summed E-state index contributed by atoms with van der Waals surface area (Å²) < 4.78 is 12.7. The van der Waals surface area contributed by atoms with Gasteiger partial charge in [0.25, 0.3) is 0 Å². The molecule has 0 fully saturated rings. The quantitative estimate of drug-likeness (QED) is 0.573. The molecular formula is C26H27N3O3. The summed E-state index contributed by atoms with van der Waals surface area (Å²) in [6.07, 6.45) is 12.2. The van der Waals surface area contributed by atoms with E-state index in [9.17, 15) is 4.79 Å². The van der Waals surface area contributed by atoms with Crippen molar-refractivity contribution >= 4 is 11.7 Å². The number of aromatic nitrogens is 2. The maximum atomic E-state index is 12.8. The number of carbonyl (C=O) groups is 1. The van der Waals surface area contributed by atoms with Crippen molar-refractivity contribution in [1.29, 1.82) is 0 Å². The molecule has 164 valence electrons. The number of terminal acetylenes is 1. The number of hydrogen-bond acceptors (Lipinski definition) is 4. The van der Waals surface area contributed by atoms with E-state index >= 15 is 0 Å². The SMILES string of the molecule is C#CCOc1ccc(-c2cn(C)nc2NC(=O)Cc2ccc3c(c2)CCCC3)cc1OC. The molecule has 2 aromatic carbocycles. The molecule has 4 rings (SSSR count). The maximum Gasteiger partial charge on any atom is 0.230 e. The minimum atomic E-state index is -0.0957. The van der Waals surface area contributed by atoms with Crippen molar-refractivity contribution in [3.8, 4) is 35.0 Å². The minimum absolute atomic E-state index is 0.0957. The molecule has 6 heteroatoms. The normalized spacial score (nSPS) is 12.5. The fourth-order valence-corrected chi connectivity index (χ4v) is 4.12. The van der Waals surface area contributed by atoms with Gasteiger partial charge in [-0.1, -0.05) is 30.2 Å². The Hall–Kier alpha value is -3.72. The molecule has 0 unspecified atom stereocenters. The standard InChI is InChI=1S/C26H27N3O3/c1-4-13-32-23-12-11-21(16-24(23)31-3)22-17-29(2)28-26(22)27-25(30)15-18-9-10-19-7-5-6-8-20(19)14-18/h1,9-12,14,16-17H,5-8,13,15H2,2-3H3,(H,27,28,30). The van der Waals surface area contributed by atoms with E-state index in [-0.39, 0.29) is 12.5 Å².